The normalized spacial score (nSPS) is 14.1. The van der Waals surface area contributed by atoms with Crippen molar-refractivity contribution in [2.24, 2.45) is 0 Å². The zero-order chi connectivity index (χ0) is 13.7. The predicted octanol–water partition coefficient (Wildman–Crippen LogP) is 2.13. The lowest BCUT2D eigenvalue weighted by atomic mass is 10.1. The summed E-state index contributed by atoms with van der Waals surface area (Å²) in [6.07, 6.45) is -2.02. The highest BCUT2D eigenvalue weighted by Crippen LogP contribution is 2.29. The monoisotopic (exact) mass is 334 g/mol. The first-order chi connectivity index (χ1) is 8.45. The summed E-state index contributed by atoms with van der Waals surface area (Å²) < 4.78 is 5.78. The van der Waals surface area contributed by atoms with Gasteiger partial charge in [-0.3, -0.25) is 4.79 Å². The molecule has 1 rings (SSSR count). The standard InChI is InChI=1S/C12H15BrO4S/c1-7(14)18-6-10(15)12(16)8-3-4-11(17-2)9(13)5-8/h3-5,10,12,15-16H,6H2,1-2H3. The zero-order valence-corrected chi connectivity index (χ0v) is 12.5. The van der Waals surface area contributed by atoms with Crippen LogP contribution in [0, 0.1) is 0 Å². The van der Waals surface area contributed by atoms with Crippen molar-refractivity contribution < 1.29 is 19.7 Å². The Labute approximate surface area is 118 Å². The average Bonchev–Trinajstić information content (AvgIpc) is 2.34. The molecule has 100 valence electrons. The Kier molecular flexibility index (Phi) is 6.14. The molecule has 0 heterocycles. The SMILES string of the molecule is COc1ccc(C(O)C(O)CSC(C)=O)cc1Br. The van der Waals surface area contributed by atoms with E-state index in [1.165, 1.54) is 6.92 Å². The number of rotatable bonds is 5. The summed E-state index contributed by atoms with van der Waals surface area (Å²) in [6, 6.07) is 5.06. The van der Waals surface area contributed by atoms with Gasteiger partial charge in [-0.05, 0) is 33.6 Å². The maximum Gasteiger partial charge on any atom is 0.185 e. The summed E-state index contributed by atoms with van der Waals surface area (Å²) in [5.41, 5.74) is 0.569. The van der Waals surface area contributed by atoms with E-state index in [2.05, 4.69) is 15.9 Å². The van der Waals surface area contributed by atoms with E-state index in [1.54, 1.807) is 25.3 Å². The number of thioether (sulfide) groups is 1. The molecule has 2 unspecified atom stereocenters. The minimum Gasteiger partial charge on any atom is -0.496 e. The molecule has 0 aliphatic rings. The Bertz CT molecular complexity index is 425. The van der Waals surface area contributed by atoms with Crippen molar-refractivity contribution in [3.63, 3.8) is 0 Å². The summed E-state index contributed by atoms with van der Waals surface area (Å²) in [4.78, 5) is 10.8. The van der Waals surface area contributed by atoms with Gasteiger partial charge in [0.05, 0.1) is 17.7 Å². The van der Waals surface area contributed by atoms with E-state index < -0.39 is 12.2 Å². The number of aliphatic hydroxyl groups excluding tert-OH is 2. The molecule has 1 aromatic carbocycles. The summed E-state index contributed by atoms with van der Waals surface area (Å²) in [6.45, 7) is 1.42. The Morgan fingerprint density at radius 1 is 1.50 bits per heavy atom. The van der Waals surface area contributed by atoms with E-state index in [0.29, 0.717) is 15.8 Å². The molecular formula is C12H15BrO4S. The molecule has 0 amide bonds. The molecule has 18 heavy (non-hydrogen) atoms. The van der Waals surface area contributed by atoms with Gasteiger partial charge in [-0.1, -0.05) is 17.8 Å². The Balaban J connectivity index is 2.74. The molecule has 6 heteroatoms. The Morgan fingerprint density at radius 2 is 2.17 bits per heavy atom. The fourth-order valence-electron chi connectivity index (χ4n) is 1.38. The number of carbonyl (C=O) groups is 1. The molecule has 2 atom stereocenters. The number of ether oxygens (including phenoxy) is 1. The summed E-state index contributed by atoms with van der Waals surface area (Å²) in [7, 11) is 1.55. The molecule has 0 aromatic heterocycles. The largest absolute Gasteiger partial charge is 0.496 e. The fourth-order valence-corrected chi connectivity index (χ4v) is 2.53. The van der Waals surface area contributed by atoms with Crippen LogP contribution in [0.3, 0.4) is 0 Å². The van der Waals surface area contributed by atoms with Crippen LogP contribution in [0.25, 0.3) is 0 Å². The van der Waals surface area contributed by atoms with Gasteiger partial charge in [0.25, 0.3) is 0 Å². The number of halogens is 1. The second-order valence-corrected chi connectivity index (χ2v) is 5.76. The number of hydrogen-bond acceptors (Lipinski definition) is 5. The average molecular weight is 335 g/mol. The van der Waals surface area contributed by atoms with Crippen molar-refractivity contribution in [1.82, 2.24) is 0 Å². The van der Waals surface area contributed by atoms with Crippen LogP contribution >= 0.6 is 27.7 Å². The van der Waals surface area contributed by atoms with Crippen molar-refractivity contribution in [3.05, 3.63) is 28.2 Å². The maximum absolute atomic E-state index is 10.8. The number of methoxy groups -OCH3 is 1. The molecule has 0 aliphatic carbocycles. The smallest absolute Gasteiger partial charge is 0.185 e. The van der Waals surface area contributed by atoms with Gasteiger partial charge in [-0.2, -0.15) is 0 Å². The van der Waals surface area contributed by atoms with Gasteiger partial charge >= 0.3 is 0 Å². The second-order valence-electron chi connectivity index (χ2n) is 3.71. The lowest BCUT2D eigenvalue weighted by Gasteiger charge is -2.18. The van der Waals surface area contributed by atoms with Crippen LogP contribution in [0.2, 0.25) is 0 Å². The van der Waals surface area contributed by atoms with E-state index in [4.69, 9.17) is 4.74 Å². The molecule has 2 N–H and O–H groups in total. The Hall–Kier alpha value is -0.560. The zero-order valence-electron chi connectivity index (χ0n) is 10.1. The van der Waals surface area contributed by atoms with Gasteiger partial charge in [0.1, 0.15) is 11.9 Å². The van der Waals surface area contributed by atoms with Crippen LogP contribution in [0.15, 0.2) is 22.7 Å². The van der Waals surface area contributed by atoms with Crippen molar-refractivity contribution in [3.8, 4) is 5.75 Å². The molecule has 0 saturated heterocycles. The molecular weight excluding hydrogens is 320 g/mol. The lowest BCUT2D eigenvalue weighted by molar-refractivity contribution is -0.109. The highest BCUT2D eigenvalue weighted by molar-refractivity contribution is 9.10. The van der Waals surface area contributed by atoms with Crippen molar-refractivity contribution in [2.75, 3.05) is 12.9 Å². The third-order valence-corrected chi connectivity index (χ3v) is 3.87. The van der Waals surface area contributed by atoms with Crippen molar-refractivity contribution in [1.29, 1.82) is 0 Å². The van der Waals surface area contributed by atoms with Gasteiger partial charge in [-0.25, -0.2) is 0 Å². The maximum atomic E-state index is 10.8. The Morgan fingerprint density at radius 3 is 2.67 bits per heavy atom. The third-order valence-electron chi connectivity index (χ3n) is 2.34. The molecule has 0 aliphatic heterocycles. The van der Waals surface area contributed by atoms with Gasteiger partial charge in [0.2, 0.25) is 0 Å². The van der Waals surface area contributed by atoms with Crippen LogP contribution in [0.4, 0.5) is 0 Å². The fraction of sp³-hybridized carbons (Fsp3) is 0.417. The van der Waals surface area contributed by atoms with Crippen LogP contribution in [-0.2, 0) is 4.79 Å². The molecule has 0 fully saturated rings. The van der Waals surface area contributed by atoms with Gasteiger partial charge in [-0.15, -0.1) is 0 Å². The van der Waals surface area contributed by atoms with Crippen molar-refractivity contribution >= 4 is 32.8 Å². The molecule has 0 bridgehead atoms. The minimum atomic E-state index is -1.03. The first kappa shape index (κ1) is 15.5. The summed E-state index contributed by atoms with van der Waals surface area (Å²) in [5.74, 6) is 0.818. The summed E-state index contributed by atoms with van der Waals surface area (Å²) in [5, 5.41) is 19.6. The lowest BCUT2D eigenvalue weighted by Crippen LogP contribution is -2.21. The van der Waals surface area contributed by atoms with Crippen LogP contribution < -0.4 is 4.74 Å². The van der Waals surface area contributed by atoms with E-state index in [1.807, 2.05) is 0 Å². The van der Waals surface area contributed by atoms with Gasteiger partial charge < -0.3 is 14.9 Å². The van der Waals surface area contributed by atoms with E-state index >= 15 is 0 Å². The molecule has 4 nitrogen and oxygen atoms in total. The molecule has 1 aromatic rings. The quantitative estimate of drug-likeness (QED) is 0.863. The first-order valence-corrected chi connectivity index (χ1v) is 7.06. The first-order valence-electron chi connectivity index (χ1n) is 5.28. The van der Waals surface area contributed by atoms with Crippen LogP contribution in [0.5, 0.6) is 5.75 Å². The second kappa shape index (κ2) is 7.13. The highest BCUT2D eigenvalue weighted by Gasteiger charge is 2.20. The highest BCUT2D eigenvalue weighted by atomic mass is 79.9. The predicted molar refractivity (Wildman–Crippen MR) is 74.8 cm³/mol. The number of aliphatic hydroxyl groups is 2. The van der Waals surface area contributed by atoms with E-state index in [-0.39, 0.29) is 10.9 Å². The van der Waals surface area contributed by atoms with Crippen LogP contribution in [-0.4, -0.2) is 34.3 Å². The van der Waals surface area contributed by atoms with Gasteiger partial charge in [0, 0.05) is 12.7 Å². The van der Waals surface area contributed by atoms with Crippen LogP contribution in [0.1, 0.15) is 18.6 Å². The van der Waals surface area contributed by atoms with Gasteiger partial charge in [0.15, 0.2) is 5.12 Å². The summed E-state index contributed by atoms with van der Waals surface area (Å²) >= 11 is 4.30. The van der Waals surface area contributed by atoms with E-state index in [9.17, 15) is 15.0 Å². The molecule has 0 spiro atoms. The molecule has 0 saturated carbocycles. The topological polar surface area (TPSA) is 66.8 Å². The minimum absolute atomic E-state index is 0.0860. The number of hydrogen-bond donors (Lipinski definition) is 2. The van der Waals surface area contributed by atoms with Crippen molar-refractivity contribution in [2.45, 2.75) is 19.1 Å². The molecule has 0 radical (unpaired) electrons. The van der Waals surface area contributed by atoms with E-state index in [0.717, 1.165) is 11.8 Å². The number of carbonyl (C=O) groups excluding carboxylic acids is 1. The third kappa shape index (κ3) is 4.28. The number of benzene rings is 1.